The molecule has 9 nitrogen and oxygen atoms in total. The lowest BCUT2D eigenvalue weighted by Crippen LogP contribution is -2.28. The van der Waals surface area contributed by atoms with Gasteiger partial charge in [0, 0.05) is 19.8 Å². The van der Waals surface area contributed by atoms with Crippen LogP contribution in [-0.4, -0.2) is 36.9 Å². The maximum Gasteiger partial charge on any atom is 0.307 e. The summed E-state index contributed by atoms with van der Waals surface area (Å²) in [6, 6.07) is -0.496. The minimum Gasteiger partial charge on any atom is -0.308 e. The van der Waals surface area contributed by atoms with Gasteiger partial charge in [0.25, 0.3) is 5.91 Å². The van der Waals surface area contributed by atoms with Gasteiger partial charge in [-0.05, 0) is 6.42 Å². The Morgan fingerprint density at radius 3 is 2.75 bits per heavy atom. The van der Waals surface area contributed by atoms with E-state index in [1.54, 1.807) is 29.0 Å². The van der Waals surface area contributed by atoms with Crippen molar-refractivity contribution < 1.29 is 9.72 Å². The zero-order valence-electron chi connectivity index (χ0n) is 10.7. The summed E-state index contributed by atoms with van der Waals surface area (Å²) in [5, 5.41) is 18.6. The maximum atomic E-state index is 12.4. The molecule has 2 aromatic heterocycles. The van der Waals surface area contributed by atoms with Gasteiger partial charge in [0.2, 0.25) is 0 Å². The molecule has 0 saturated carbocycles. The number of nitro groups is 1. The van der Waals surface area contributed by atoms with Gasteiger partial charge in [-0.1, -0.05) is 0 Å². The Morgan fingerprint density at radius 1 is 1.35 bits per heavy atom. The van der Waals surface area contributed by atoms with Crippen LogP contribution in [0.15, 0.2) is 24.8 Å². The van der Waals surface area contributed by atoms with Crippen LogP contribution in [0, 0.1) is 10.1 Å². The molecule has 1 atom stereocenters. The van der Waals surface area contributed by atoms with Crippen molar-refractivity contribution >= 4 is 17.3 Å². The summed E-state index contributed by atoms with van der Waals surface area (Å²) in [7, 11) is 1.78. The van der Waals surface area contributed by atoms with E-state index in [4.69, 9.17) is 0 Å². The maximum absolute atomic E-state index is 12.4. The smallest absolute Gasteiger partial charge is 0.307 e. The standard InChI is InChI=1S/C11H12N6O3/c1-14-6-8(4-12-14)15-3-2-10(11(15)18)16-7-9(5-13-16)17(19)20/h4-7,10H,2-3H2,1H3/t10-/m0/s1. The highest BCUT2D eigenvalue weighted by Gasteiger charge is 2.35. The molecular formula is C11H12N6O3. The van der Waals surface area contributed by atoms with Gasteiger partial charge in [-0.3, -0.25) is 24.3 Å². The van der Waals surface area contributed by atoms with Gasteiger partial charge in [0.1, 0.15) is 18.4 Å². The van der Waals surface area contributed by atoms with Crippen molar-refractivity contribution in [1.29, 1.82) is 0 Å². The van der Waals surface area contributed by atoms with Crippen LogP contribution < -0.4 is 4.90 Å². The molecule has 20 heavy (non-hydrogen) atoms. The quantitative estimate of drug-likeness (QED) is 0.600. The first-order valence-electron chi connectivity index (χ1n) is 6.05. The van der Waals surface area contributed by atoms with Crippen LogP contribution in [0.1, 0.15) is 12.5 Å². The third-order valence-electron chi connectivity index (χ3n) is 3.30. The van der Waals surface area contributed by atoms with Gasteiger partial charge in [-0.15, -0.1) is 0 Å². The SMILES string of the molecule is Cn1cc(N2CC[C@H](n3cc([N+](=O)[O-])cn3)C2=O)cn1. The molecule has 104 valence electrons. The molecule has 0 N–H and O–H groups in total. The number of rotatable bonds is 3. The fourth-order valence-corrected chi connectivity index (χ4v) is 2.31. The second kappa shape index (κ2) is 4.44. The summed E-state index contributed by atoms with van der Waals surface area (Å²) in [4.78, 5) is 24.1. The van der Waals surface area contributed by atoms with Crippen molar-refractivity contribution in [3.8, 4) is 0 Å². The largest absolute Gasteiger partial charge is 0.308 e. The fraction of sp³-hybridized carbons (Fsp3) is 0.364. The van der Waals surface area contributed by atoms with E-state index >= 15 is 0 Å². The van der Waals surface area contributed by atoms with Gasteiger partial charge < -0.3 is 4.90 Å². The predicted octanol–water partition coefficient (Wildman–Crippen LogP) is 0.503. The Morgan fingerprint density at radius 2 is 2.15 bits per heavy atom. The van der Waals surface area contributed by atoms with Crippen LogP contribution in [0.3, 0.4) is 0 Å². The van der Waals surface area contributed by atoms with Crippen LogP contribution in [0.25, 0.3) is 0 Å². The number of aromatic nitrogens is 4. The zero-order valence-corrected chi connectivity index (χ0v) is 10.7. The molecule has 1 fully saturated rings. The molecule has 2 aromatic rings. The first-order valence-corrected chi connectivity index (χ1v) is 6.05. The second-order valence-corrected chi connectivity index (χ2v) is 4.60. The van der Waals surface area contributed by atoms with Crippen LogP contribution in [0.5, 0.6) is 0 Å². The molecule has 0 unspecified atom stereocenters. The molecule has 1 aliphatic rings. The van der Waals surface area contributed by atoms with E-state index in [1.165, 1.54) is 10.9 Å². The van der Waals surface area contributed by atoms with E-state index < -0.39 is 11.0 Å². The lowest BCUT2D eigenvalue weighted by molar-refractivity contribution is -0.385. The molecule has 1 aliphatic heterocycles. The molecule has 1 amide bonds. The van der Waals surface area contributed by atoms with Gasteiger partial charge in [-0.2, -0.15) is 10.2 Å². The van der Waals surface area contributed by atoms with Crippen molar-refractivity contribution in [3.63, 3.8) is 0 Å². The highest BCUT2D eigenvalue weighted by molar-refractivity contribution is 5.98. The van der Waals surface area contributed by atoms with Crippen LogP contribution in [-0.2, 0) is 11.8 Å². The first kappa shape index (κ1) is 12.3. The molecule has 9 heteroatoms. The van der Waals surface area contributed by atoms with Crippen molar-refractivity contribution in [2.75, 3.05) is 11.4 Å². The van der Waals surface area contributed by atoms with Gasteiger partial charge in [-0.25, -0.2) is 0 Å². The molecule has 3 rings (SSSR count). The number of hydrogen-bond acceptors (Lipinski definition) is 5. The van der Waals surface area contributed by atoms with E-state index in [0.717, 1.165) is 11.9 Å². The Balaban J connectivity index is 1.83. The van der Waals surface area contributed by atoms with E-state index in [0.29, 0.717) is 13.0 Å². The van der Waals surface area contributed by atoms with E-state index in [2.05, 4.69) is 10.2 Å². The molecule has 3 heterocycles. The van der Waals surface area contributed by atoms with Crippen molar-refractivity contribution in [2.45, 2.75) is 12.5 Å². The van der Waals surface area contributed by atoms with Crippen molar-refractivity contribution in [1.82, 2.24) is 19.6 Å². The summed E-state index contributed by atoms with van der Waals surface area (Å²) in [6.45, 7) is 0.544. The minimum absolute atomic E-state index is 0.113. The Bertz CT molecular complexity index is 675. The molecule has 0 radical (unpaired) electrons. The summed E-state index contributed by atoms with van der Waals surface area (Å²) in [6.07, 6.45) is 6.37. The lowest BCUT2D eigenvalue weighted by atomic mass is 10.2. The van der Waals surface area contributed by atoms with Crippen molar-refractivity contribution in [2.24, 2.45) is 7.05 Å². The molecule has 0 aliphatic carbocycles. The molecular weight excluding hydrogens is 264 g/mol. The lowest BCUT2D eigenvalue weighted by Gasteiger charge is -2.14. The number of hydrogen-bond donors (Lipinski definition) is 0. The summed E-state index contributed by atoms with van der Waals surface area (Å²) in [5.41, 5.74) is 0.610. The third-order valence-corrected chi connectivity index (χ3v) is 3.30. The second-order valence-electron chi connectivity index (χ2n) is 4.60. The highest BCUT2D eigenvalue weighted by atomic mass is 16.6. The highest BCUT2D eigenvalue weighted by Crippen LogP contribution is 2.28. The normalized spacial score (nSPS) is 18.8. The fourth-order valence-electron chi connectivity index (χ4n) is 2.31. The van der Waals surface area contributed by atoms with Gasteiger partial charge >= 0.3 is 5.69 Å². The van der Waals surface area contributed by atoms with Crippen LogP contribution >= 0.6 is 0 Å². The average Bonchev–Trinajstić information content (AvgIpc) is 3.08. The van der Waals surface area contributed by atoms with E-state index in [1.807, 2.05) is 0 Å². The topological polar surface area (TPSA) is 99.1 Å². The van der Waals surface area contributed by atoms with E-state index in [-0.39, 0.29) is 11.6 Å². The molecule has 0 bridgehead atoms. The number of amides is 1. The van der Waals surface area contributed by atoms with Crippen molar-refractivity contribution in [3.05, 3.63) is 34.9 Å². The summed E-state index contributed by atoms with van der Waals surface area (Å²) < 4.78 is 2.98. The predicted molar refractivity (Wildman–Crippen MR) is 68.1 cm³/mol. The average molecular weight is 276 g/mol. The Kier molecular flexibility index (Phi) is 2.74. The van der Waals surface area contributed by atoms with Gasteiger partial charge in [0.05, 0.1) is 16.8 Å². The third kappa shape index (κ3) is 1.92. The van der Waals surface area contributed by atoms with Crippen LogP contribution in [0.2, 0.25) is 0 Å². The van der Waals surface area contributed by atoms with E-state index in [9.17, 15) is 14.9 Å². The monoisotopic (exact) mass is 276 g/mol. The van der Waals surface area contributed by atoms with Crippen LogP contribution in [0.4, 0.5) is 11.4 Å². The first-order chi connectivity index (χ1) is 9.56. The minimum atomic E-state index is -0.526. The Hall–Kier alpha value is -2.71. The molecule has 0 aromatic carbocycles. The molecule has 0 spiro atoms. The number of carbonyl (C=O) groups is 1. The number of carbonyl (C=O) groups excluding carboxylic acids is 1. The Labute approximate surface area is 113 Å². The summed E-state index contributed by atoms with van der Waals surface area (Å²) in [5.74, 6) is -0.129. The summed E-state index contributed by atoms with van der Waals surface area (Å²) >= 11 is 0. The zero-order chi connectivity index (χ0) is 14.3. The number of aryl methyl sites for hydroxylation is 1. The van der Waals surface area contributed by atoms with Gasteiger partial charge in [0.15, 0.2) is 0 Å². The number of anilines is 1. The number of nitrogens with zero attached hydrogens (tertiary/aromatic N) is 6. The molecule has 1 saturated heterocycles.